The molecule has 1 heterocycles. The molecular weight excluding hydrogens is 264 g/mol. The Hall–Kier alpha value is -1.11. The molecule has 6 heteroatoms. The average molecular weight is 284 g/mol. The molecule has 1 aromatic carbocycles. The van der Waals surface area contributed by atoms with E-state index in [0.717, 1.165) is 0 Å². The standard InChI is InChI=1S/C13H20N2O3S/c1-9(2)13(16)7-15(8-13)19(17,18)12-5-4-11(14)6-10(12)3/h4-6,9,16H,7-8,14H2,1-3H3. The number of aryl methyl sites for hydroxylation is 1. The first-order valence-corrected chi connectivity index (χ1v) is 7.69. The van der Waals surface area contributed by atoms with E-state index in [4.69, 9.17) is 5.73 Å². The number of nitrogens with zero attached hydrogens (tertiary/aromatic N) is 1. The van der Waals surface area contributed by atoms with Crippen LogP contribution < -0.4 is 5.73 Å². The molecule has 0 spiro atoms. The number of benzene rings is 1. The van der Waals surface area contributed by atoms with Gasteiger partial charge in [0.1, 0.15) is 0 Å². The van der Waals surface area contributed by atoms with Gasteiger partial charge < -0.3 is 10.8 Å². The molecule has 0 aromatic heterocycles. The Morgan fingerprint density at radius 3 is 2.42 bits per heavy atom. The highest BCUT2D eigenvalue weighted by Gasteiger charge is 2.49. The zero-order valence-electron chi connectivity index (χ0n) is 11.4. The Bertz CT molecular complexity index is 590. The first-order valence-electron chi connectivity index (χ1n) is 6.25. The third-order valence-electron chi connectivity index (χ3n) is 3.79. The maximum Gasteiger partial charge on any atom is 0.243 e. The van der Waals surface area contributed by atoms with Crippen LogP contribution in [0.15, 0.2) is 23.1 Å². The predicted octanol–water partition coefficient (Wildman–Crippen LogP) is 0.969. The van der Waals surface area contributed by atoms with Crippen molar-refractivity contribution in [3.05, 3.63) is 23.8 Å². The van der Waals surface area contributed by atoms with E-state index >= 15 is 0 Å². The molecule has 0 unspecified atom stereocenters. The van der Waals surface area contributed by atoms with Crippen LogP contribution in [0.4, 0.5) is 5.69 Å². The zero-order valence-corrected chi connectivity index (χ0v) is 12.2. The second-order valence-corrected chi connectivity index (χ2v) is 7.46. The van der Waals surface area contributed by atoms with Crippen LogP contribution in [0.2, 0.25) is 0 Å². The van der Waals surface area contributed by atoms with Crippen molar-refractivity contribution in [1.82, 2.24) is 4.31 Å². The van der Waals surface area contributed by atoms with Gasteiger partial charge in [0.25, 0.3) is 0 Å². The Morgan fingerprint density at radius 2 is 1.95 bits per heavy atom. The lowest BCUT2D eigenvalue weighted by molar-refractivity contribution is -0.0932. The highest BCUT2D eigenvalue weighted by molar-refractivity contribution is 7.89. The number of β-amino-alcohol motifs (C(OH)–C–C–N with tert-alkyl or cyclic N) is 1. The fraction of sp³-hybridized carbons (Fsp3) is 0.538. The number of rotatable bonds is 3. The summed E-state index contributed by atoms with van der Waals surface area (Å²) in [6, 6.07) is 4.74. The van der Waals surface area contributed by atoms with Crippen molar-refractivity contribution in [2.45, 2.75) is 31.3 Å². The maximum atomic E-state index is 12.4. The van der Waals surface area contributed by atoms with E-state index in [0.29, 0.717) is 11.3 Å². The van der Waals surface area contributed by atoms with Gasteiger partial charge in [-0.05, 0) is 36.6 Å². The van der Waals surface area contributed by atoms with Crippen molar-refractivity contribution >= 4 is 15.7 Å². The summed E-state index contributed by atoms with van der Waals surface area (Å²) < 4.78 is 26.2. The molecule has 0 bridgehead atoms. The Labute approximate surface area is 114 Å². The summed E-state index contributed by atoms with van der Waals surface area (Å²) in [6.07, 6.45) is 0. The molecule has 3 N–H and O–H groups in total. The molecule has 1 aliphatic heterocycles. The minimum atomic E-state index is -3.54. The SMILES string of the molecule is Cc1cc(N)ccc1S(=O)(=O)N1CC(O)(C(C)C)C1. The van der Waals surface area contributed by atoms with E-state index in [1.165, 1.54) is 10.4 Å². The predicted molar refractivity (Wildman–Crippen MR) is 74.1 cm³/mol. The van der Waals surface area contributed by atoms with Crippen LogP contribution in [-0.4, -0.2) is 36.5 Å². The molecule has 1 fully saturated rings. The van der Waals surface area contributed by atoms with Crippen molar-refractivity contribution < 1.29 is 13.5 Å². The van der Waals surface area contributed by atoms with Gasteiger partial charge in [0, 0.05) is 18.8 Å². The topological polar surface area (TPSA) is 83.6 Å². The molecule has 0 saturated carbocycles. The Morgan fingerprint density at radius 1 is 1.37 bits per heavy atom. The summed E-state index contributed by atoms with van der Waals surface area (Å²) in [5, 5.41) is 10.2. The molecule has 19 heavy (non-hydrogen) atoms. The van der Waals surface area contributed by atoms with Gasteiger partial charge in [0.2, 0.25) is 10.0 Å². The van der Waals surface area contributed by atoms with Crippen LogP contribution in [0.5, 0.6) is 0 Å². The van der Waals surface area contributed by atoms with Crippen molar-refractivity contribution in [2.75, 3.05) is 18.8 Å². The lowest BCUT2D eigenvalue weighted by atomic mass is 9.85. The minimum absolute atomic E-state index is 0.0338. The lowest BCUT2D eigenvalue weighted by Gasteiger charge is -2.48. The van der Waals surface area contributed by atoms with Crippen LogP contribution >= 0.6 is 0 Å². The van der Waals surface area contributed by atoms with Crippen LogP contribution in [0, 0.1) is 12.8 Å². The van der Waals surface area contributed by atoms with Crippen LogP contribution in [0.25, 0.3) is 0 Å². The summed E-state index contributed by atoms with van der Waals surface area (Å²) in [5.41, 5.74) is 5.89. The first-order chi connectivity index (χ1) is 8.67. The van der Waals surface area contributed by atoms with Crippen LogP contribution in [-0.2, 0) is 10.0 Å². The van der Waals surface area contributed by atoms with E-state index in [9.17, 15) is 13.5 Å². The van der Waals surface area contributed by atoms with Crippen LogP contribution in [0.1, 0.15) is 19.4 Å². The smallest absolute Gasteiger partial charge is 0.243 e. The molecule has 1 aromatic rings. The Kier molecular flexibility index (Phi) is 3.36. The summed E-state index contributed by atoms with van der Waals surface area (Å²) >= 11 is 0. The minimum Gasteiger partial charge on any atom is -0.399 e. The maximum absolute atomic E-state index is 12.4. The van der Waals surface area contributed by atoms with Crippen molar-refractivity contribution in [1.29, 1.82) is 0 Å². The second kappa shape index (κ2) is 4.47. The molecule has 5 nitrogen and oxygen atoms in total. The molecule has 2 rings (SSSR count). The normalized spacial score (nSPS) is 19.4. The van der Waals surface area contributed by atoms with Gasteiger partial charge in [-0.25, -0.2) is 8.42 Å². The van der Waals surface area contributed by atoms with E-state index < -0.39 is 15.6 Å². The summed E-state index contributed by atoms with van der Waals surface area (Å²) in [7, 11) is -3.54. The van der Waals surface area contributed by atoms with E-state index in [1.54, 1.807) is 19.1 Å². The largest absolute Gasteiger partial charge is 0.399 e. The number of sulfonamides is 1. The zero-order chi connectivity index (χ0) is 14.4. The number of nitrogens with two attached hydrogens (primary N) is 1. The highest BCUT2D eigenvalue weighted by atomic mass is 32.2. The lowest BCUT2D eigenvalue weighted by Crippen LogP contribution is -2.65. The number of hydrogen-bond acceptors (Lipinski definition) is 4. The molecule has 1 saturated heterocycles. The van der Waals surface area contributed by atoms with Gasteiger partial charge >= 0.3 is 0 Å². The Balaban J connectivity index is 2.26. The second-order valence-electron chi connectivity index (χ2n) is 5.56. The van der Waals surface area contributed by atoms with Crippen molar-refractivity contribution in [2.24, 2.45) is 5.92 Å². The fourth-order valence-corrected chi connectivity index (χ4v) is 3.97. The average Bonchev–Trinajstić information content (AvgIpc) is 2.23. The molecule has 106 valence electrons. The third-order valence-corrected chi connectivity index (χ3v) is 5.74. The van der Waals surface area contributed by atoms with E-state index in [2.05, 4.69) is 0 Å². The molecule has 1 aliphatic rings. The van der Waals surface area contributed by atoms with Crippen molar-refractivity contribution in [3.8, 4) is 0 Å². The third kappa shape index (κ3) is 2.35. The molecular formula is C13H20N2O3S. The summed E-state index contributed by atoms with van der Waals surface area (Å²) in [6.45, 7) is 5.79. The van der Waals surface area contributed by atoms with Gasteiger partial charge in [-0.15, -0.1) is 0 Å². The number of aliphatic hydroxyl groups is 1. The molecule has 0 amide bonds. The number of anilines is 1. The number of hydrogen-bond donors (Lipinski definition) is 2. The van der Waals surface area contributed by atoms with Gasteiger partial charge in [0.15, 0.2) is 0 Å². The van der Waals surface area contributed by atoms with E-state index in [-0.39, 0.29) is 23.9 Å². The van der Waals surface area contributed by atoms with Gasteiger partial charge in [-0.2, -0.15) is 4.31 Å². The molecule has 0 atom stereocenters. The van der Waals surface area contributed by atoms with Crippen molar-refractivity contribution in [3.63, 3.8) is 0 Å². The first kappa shape index (κ1) is 14.3. The molecule has 0 radical (unpaired) electrons. The van der Waals surface area contributed by atoms with Crippen LogP contribution in [0.3, 0.4) is 0 Å². The quantitative estimate of drug-likeness (QED) is 0.810. The highest BCUT2D eigenvalue weighted by Crippen LogP contribution is 2.34. The monoisotopic (exact) mass is 284 g/mol. The molecule has 0 aliphatic carbocycles. The van der Waals surface area contributed by atoms with Gasteiger partial charge in [-0.1, -0.05) is 13.8 Å². The van der Waals surface area contributed by atoms with Gasteiger partial charge in [-0.3, -0.25) is 0 Å². The van der Waals surface area contributed by atoms with Gasteiger partial charge in [0.05, 0.1) is 10.5 Å². The summed E-state index contributed by atoms with van der Waals surface area (Å²) in [4.78, 5) is 0.257. The van der Waals surface area contributed by atoms with E-state index in [1.807, 2.05) is 13.8 Å². The fourth-order valence-electron chi connectivity index (χ4n) is 2.20. The summed E-state index contributed by atoms with van der Waals surface area (Å²) in [5.74, 6) is 0.0338. The number of nitrogen functional groups attached to an aromatic ring is 1.